The van der Waals surface area contributed by atoms with Crippen molar-refractivity contribution in [2.24, 2.45) is 0 Å². The first-order valence-corrected chi connectivity index (χ1v) is 7.32. The number of nitrogens with zero attached hydrogens (tertiary/aromatic N) is 3. The number of hydrogen-bond donors (Lipinski definition) is 0. The van der Waals surface area contributed by atoms with Gasteiger partial charge in [0.05, 0.1) is 6.54 Å². The molecule has 2 aromatic rings. The molecule has 1 heterocycles. The molecule has 0 aliphatic heterocycles. The van der Waals surface area contributed by atoms with Crippen LogP contribution in [-0.4, -0.2) is 27.5 Å². The van der Waals surface area contributed by atoms with Gasteiger partial charge in [-0.25, -0.2) is 0 Å². The third-order valence-corrected chi connectivity index (χ3v) is 3.35. The second-order valence-electron chi connectivity index (χ2n) is 4.99. The van der Waals surface area contributed by atoms with Crippen LogP contribution in [0, 0.1) is 6.92 Å². The summed E-state index contributed by atoms with van der Waals surface area (Å²) < 4.78 is 5.16. The standard InChI is InChI=1S/C16H21N3O2/c1-4-8-15-17-14(18-21-15)11-19(5-2)16(20)13-10-7-6-9-12(13)3/h6-7,9-10H,4-5,8,11H2,1-3H3. The number of carbonyl (C=O) groups is 1. The van der Waals surface area contributed by atoms with E-state index in [1.165, 1.54) is 0 Å². The van der Waals surface area contributed by atoms with E-state index in [4.69, 9.17) is 4.52 Å². The molecule has 1 aromatic heterocycles. The van der Waals surface area contributed by atoms with Crippen LogP contribution in [0.15, 0.2) is 28.8 Å². The van der Waals surface area contributed by atoms with E-state index in [9.17, 15) is 4.79 Å². The summed E-state index contributed by atoms with van der Waals surface area (Å²) in [5.74, 6) is 1.19. The van der Waals surface area contributed by atoms with Crippen LogP contribution in [-0.2, 0) is 13.0 Å². The number of aromatic nitrogens is 2. The van der Waals surface area contributed by atoms with Gasteiger partial charge in [0.15, 0.2) is 5.82 Å². The molecule has 1 aromatic carbocycles. The minimum atomic E-state index is -0.00237. The first kappa shape index (κ1) is 15.2. The van der Waals surface area contributed by atoms with Gasteiger partial charge in [-0.15, -0.1) is 0 Å². The molecule has 2 rings (SSSR count). The Hall–Kier alpha value is -2.17. The van der Waals surface area contributed by atoms with Crippen molar-refractivity contribution in [1.29, 1.82) is 0 Å². The van der Waals surface area contributed by atoms with Crippen LogP contribution in [0.5, 0.6) is 0 Å². The molecule has 0 N–H and O–H groups in total. The Morgan fingerprint density at radius 1 is 1.29 bits per heavy atom. The lowest BCUT2D eigenvalue weighted by atomic mass is 10.1. The van der Waals surface area contributed by atoms with Crippen molar-refractivity contribution in [3.05, 3.63) is 47.1 Å². The molecule has 112 valence electrons. The Morgan fingerprint density at radius 2 is 2.05 bits per heavy atom. The summed E-state index contributed by atoms with van der Waals surface area (Å²) >= 11 is 0. The average molecular weight is 287 g/mol. The van der Waals surface area contributed by atoms with Crippen LogP contribution >= 0.6 is 0 Å². The molecule has 5 heteroatoms. The number of carbonyl (C=O) groups excluding carboxylic acids is 1. The normalized spacial score (nSPS) is 10.6. The summed E-state index contributed by atoms with van der Waals surface area (Å²) in [4.78, 5) is 18.6. The van der Waals surface area contributed by atoms with Gasteiger partial charge in [0.25, 0.3) is 5.91 Å². The number of benzene rings is 1. The summed E-state index contributed by atoms with van der Waals surface area (Å²) in [6.07, 6.45) is 1.73. The van der Waals surface area contributed by atoms with E-state index in [0.717, 1.165) is 24.0 Å². The van der Waals surface area contributed by atoms with Gasteiger partial charge in [0.1, 0.15) is 0 Å². The van der Waals surface area contributed by atoms with Crippen molar-refractivity contribution in [1.82, 2.24) is 15.0 Å². The Morgan fingerprint density at radius 3 is 2.71 bits per heavy atom. The number of amides is 1. The zero-order valence-electron chi connectivity index (χ0n) is 12.8. The van der Waals surface area contributed by atoms with Crippen molar-refractivity contribution >= 4 is 5.91 Å². The van der Waals surface area contributed by atoms with Gasteiger partial charge in [-0.3, -0.25) is 4.79 Å². The van der Waals surface area contributed by atoms with Gasteiger partial charge < -0.3 is 9.42 Å². The van der Waals surface area contributed by atoms with E-state index in [1.807, 2.05) is 38.1 Å². The molecule has 1 amide bonds. The summed E-state index contributed by atoms with van der Waals surface area (Å²) in [6, 6.07) is 7.59. The lowest BCUT2D eigenvalue weighted by molar-refractivity contribution is 0.0746. The molecular formula is C16H21N3O2. The largest absolute Gasteiger partial charge is 0.339 e. The molecule has 0 radical (unpaired) electrons. The molecule has 0 bridgehead atoms. The lowest BCUT2D eigenvalue weighted by Gasteiger charge is -2.20. The second kappa shape index (κ2) is 7.02. The van der Waals surface area contributed by atoms with Crippen molar-refractivity contribution in [3.63, 3.8) is 0 Å². The van der Waals surface area contributed by atoms with E-state index >= 15 is 0 Å². The Balaban J connectivity index is 2.12. The van der Waals surface area contributed by atoms with E-state index < -0.39 is 0 Å². The highest BCUT2D eigenvalue weighted by Gasteiger charge is 2.18. The monoisotopic (exact) mass is 287 g/mol. The van der Waals surface area contributed by atoms with Crippen molar-refractivity contribution in [3.8, 4) is 0 Å². The highest BCUT2D eigenvalue weighted by atomic mass is 16.5. The molecule has 0 spiro atoms. The van der Waals surface area contributed by atoms with Gasteiger partial charge in [-0.05, 0) is 31.9 Å². The van der Waals surface area contributed by atoms with Crippen LogP contribution in [0.2, 0.25) is 0 Å². The van der Waals surface area contributed by atoms with Gasteiger partial charge in [-0.2, -0.15) is 4.98 Å². The lowest BCUT2D eigenvalue weighted by Crippen LogP contribution is -2.31. The van der Waals surface area contributed by atoms with Crippen LogP contribution in [0.3, 0.4) is 0 Å². The van der Waals surface area contributed by atoms with Gasteiger partial charge >= 0.3 is 0 Å². The van der Waals surface area contributed by atoms with E-state index in [1.54, 1.807) is 4.90 Å². The fourth-order valence-corrected chi connectivity index (χ4v) is 2.15. The van der Waals surface area contributed by atoms with Crippen LogP contribution in [0.1, 0.15) is 47.9 Å². The maximum atomic E-state index is 12.6. The summed E-state index contributed by atoms with van der Waals surface area (Å²) in [5, 5.41) is 3.94. The maximum absolute atomic E-state index is 12.6. The quantitative estimate of drug-likeness (QED) is 0.819. The third kappa shape index (κ3) is 3.68. The fraction of sp³-hybridized carbons (Fsp3) is 0.438. The predicted octanol–water partition coefficient (Wildman–Crippen LogP) is 2.99. The Labute approximate surface area is 125 Å². The molecule has 0 unspecified atom stereocenters. The zero-order chi connectivity index (χ0) is 15.2. The van der Waals surface area contributed by atoms with Gasteiger partial charge in [0, 0.05) is 18.5 Å². The van der Waals surface area contributed by atoms with E-state index in [0.29, 0.717) is 24.8 Å². The van der Waals surface area contributed by atoms with Crippen LogP contribution in [0.4, 0.5) is 0 Å². The number of aryl methyl sites for hydroxylation is 2. The molecule has 0 fully saturated rings. The van der Waals surface area contributed by atoms with E-state index in [2.05, 4.69) is 17.1 Å². The zero-order valence-corrected chi connectivity index (χ0v) is 12.8. The smallest absolute Gasteiger partial charge is 0.254 e. The Kier molecular flexibility index (Phi) is 5.09. The van der Waals surface area contributed by atoms with Gasteiger partial charge in [-0.1, -0.05) is 30.3 Å². The third-order valence-electron chi connectivity index (χ3n) is 3.35. The SMILES string of the molecule is CCCc1nc(CN(CC)C(=O)c2ccccc2C)no1. The number of hydrogen-bond acceptors (Lipinski definition) is 4. The predicted molar refractivity (Wildman–Crippen MR) is 79.9 cm³/mol. The molecule has 0 atom stereocenters. The maximum Gasteiger partial charge on any atom is 0.254 e. The Bertz CT molecular complexity index is 607. The minimum Gasteiger partial charge on any atom is -0.339 e. The summed E-state index contributed by atoms with van der Waals surface area (Å²) in [6.45, 7) is 6.92. The molecular weight excluding hydrogens is 266 g/mol. The molecule has 5 nitrogen and oxygen atoms in total. The second-order valence-corrected chi connectivity index (χ2v) is 4.99. The topological polar surface area (TPSA) is 59.2 Å². The average Bonchev–Trinajstić information content (AvgIpc) is 2.92. The highest BCUT2D eigenvalue weighted by molar-refractivity contribution is 5.95. The van der Waals surface area contributed by atoms with Crippen molar-refractivity contribution < 1.29 is 9.32 Å². The van der Waals surface area contributed by atoms with Gasteiger partial charge in [0.2, 0.25) is 5.89 Å². The highest BCUT2D eigenvalue weighted by Crippen LogP contribution is 2.12. The van der Waals surface area contributed by atoms with Crippen molar-refractivity contribution in [2.45, 2.75) is 40.2 Å². The first-order chi connectivity index (χ1) is 10.2. The molecule has 0 aliphatic rings. The molecule has 0 saturated heterocycles. The fourth-order valence-electron chi connectivity index (χ4n) is 2.15. The minimum absolute atomic E-state index is 0.00237. The van der Waals surface area contributed by atoms with Crippen LogP contribution in [0.25, 0.3) is 0 Å². The summed E-state index contributed by atoms with van der Waals surface area (Å²) in [7, 11) is 0. The van der Waals surface area contributed by atoms with Crippen molar-refractivity contribution in [2.75, 3.05) is 6.54 Å². The number of rotatable bonds is 6. The van der Waals surface area contributed by atoms with Crippen LogP contribution < -0.4 is 0 Å². The van der Waals surface area contributed by atoms with E-state index in [-0.39, 0.29) is 5.91 Å². The first-order valence-electron chi connectivity index (χ1n) is 7.32. The molecule has 21 heavy (non-hydrogen) atoms. The molecule has 0 saturated carbocycles. The summed E-state index contributed by atoms with van der Waals surface area (Å²) in [5.41, 5.74) is 1.69. The molecule has 0 aliphatic carbocycles.